The topological polar surface area (TPSA) is 247 Å². The van der Waals surface area contributed by atoms with Crippen LogP contribution < -0.4 is 0 Å². The molecule has 0 unspecified atom stereocenters. The lowest BCUT2D eigenvalue weighted by Crippen LogP contribution is -2.60. The molecule has 1 saturated heterocycles. The SMILES string of the molecule is CC[C@H](C)C[C@H](C)C[C@H](C)[C@H](O[C@@H]1O[C@H](CO)[C@@H](O)[C@H](O)[C@@H]1O)[C@@H](C)/C=C(\C)[C@H](O)[C@@H](C)/C=C(\C)[C@H](O)[C@@H](C)/C=C(\C)C(=O)OC[C@H](O)[C@H](O)[C@@H](O)CO. The quantitative estimate of drug-likeness (QED) is 0.0400. The molecule has 0 aromatic rings. The van der Waals surface area contributed by atoms with E-state index in [-0.39, 0.29) is 17.4 Å². The van der Waals surface area contributed by atoms with Crippen LogP contribution in [0.5, 0.6) is 0 Å². The summed E-state index contributed by atoms with van der Waals surface area (Å²) >= 11 is 0. The molecule has 10 N–H and O–H groups in total. The lowest BCUT2D eigenvalue weighted by atomic mass is 9.82. The molecule has 1 heterocycles. The molecule has 0 saturated carbocycles. The zero-order chi connectivity index (χ0) is 41.6. The second-order valence-electron chi connectivity index (χ2n) is 15.9. The Morgan fingerprint density at radius 1 is 0.722 bits per heavy atom. The van der Waals surface area contributed by atoms with E-state index in [9.17, 15) is 50.8 Å². The molecular weight excluding hydrogens is 704 g/mol. The van der Waals surface area contributed by atoms with Gasteiger partial charge in [0.05, 0.1) is 31.5 Å². The van der Waals surface area contributed by atoms with Crippen LogP contribution in [0, 0.1) is 35.5 Å². The van der Waals surface area contributed by atoms with E-state index in [1.54, 1.807) is 33.8 Å². The predicted molar refractivity (Wildman–Crippen MR) is 202 cm³/mol. The van der Waals surface area contributed by atoms with Crippen molar-refractivity contribution in [2.24, 2.45) is 35.5 Å². The second-order valence-corrected chi connectivity index (χ2v) is 15.9. The molecule has 316 valence electrons. The lowest BCUT2D eigenvalue weighted by Gasteiger charge is -2.42. The fourth-order valence-corrected chi connectivity index (χ4v) is 7.16. The number of ether oxygens (including phenoxy) is 3. The van der Waals surface area contributed by atoms with Gasteiger partial charge in [0, 0.05) is 23.3 Å². The van der Waals surface area contributed by atoms with E-state index in [2.05, 4.69) is 20.8 Å². The summed E-state index contributed by atoms with van der Waals surface area (Å²) in [5.41, 5.74) is 1.33. The minimum Gasteiger partial charge on any atom is -0.459 e. The van der Waals surface area contributed by atoms with Crippen molar-refractivity contribution in [3.8, 4) is 0 Å². The van der Waals surface area contributed by atoms with Gasteiger partial charge in [0.25, 0.3) is 0 Å². The first kappa shape index (κ1) is 50.2. The first-order valence-electron chi connectivity index (χ1n) is 19.3. The molecule has 54 heavy (non-hydrogen) atoms. The van der Waals surface area contributed by atoms with E-state index in [1.165, 1.54) is 13.0 Å². The molecule has 17 atom stereocenters. The van der Waals surface area contributed by atoms with Gasteiger partial charge >= 0.3 is 5.97 Å². The van der Waals surface area contributed by atoms with E-state index in [0.29, 0.717) is 23.0 Å². The number of hydrogen-bond acceptors (Lipinski definition) is 14. The molecule has 0 bridgehead atoms. The Morgan fingerprint density at radius 2 is 1.26 bits per heavy atom. The van der Waals surface area contributed by atoms with Crippen LogP contribution in [0.4, 0.5) is 0 Å². The minimum atomic E-state index is -1.71. The summed E-state index contributed by atoms with van der Waals surface area (Å²) in [6, 6.07) is 0. The van der Waals surface area contributed by atoms with Gasteiger partial charge in [0.1, 0.15) is 49.3 Å². The molecule has 0 radical (unpaired) electrons. The van der Waals surface area contributed by atoms with Crippen LogP contribution in [-0.2, 0) is 19.0 Å². The van der Waals surface area contributed by atoms with Crippen molar-refractivity contribution >= 4 is 5.97 Å². The maximum atomic E-state index is 12.5. The van der Waals surface area contributed by atoms with Crippen LogP contribution >= 0.6 is 0 Å². The van der Waals surface area contributed by atoms with Crippen LogP contribution in [0.25, 0.3) is 0 Å². The monoisotopic (exact) mass is 776 g/mol. The zero-order valence-corrected chi connectivity index (χ0v) is 33.9. The molecule has 1 aliphatic rings. The highest BCUT2D eigenvalue weighted by Crippen LogP contribution is 2.33. The normalized spacial score (nSPS) is 28.5. The van der Waals surface area contributed by atoms with Crippen molar-refractivity contribution in [3.05, 3.63) is 34.9 Å². The Morgan fingerprint density at radius 3 is 1.78 bits per heavy atom. The number of aliphatic hydroxyl groups is 10. The Hall–Kier alpha value is -1.79. The first-order chi connectivity index (χ1) is 25.1. The van der Waals surface area contributed by atoms with Gasteiger partial charge in [0.2, 0.25) is 0 Å². The van der Waals surface area contributed by atoms with Crippen LogP contribution in [0.15, 0.2) is 34.9 Å². The van der Waals surface area contributed by atoms with Crippen LogP contribution in [0.3, 0.4) is 0 Å². The molecule has 14 heteroatoms. The fourth-order valence-electron chi connectivity index (χ4n) is 7.16. The highest BCUT2D eigenvalue weighted by molar-refractivity contribution is 5.87. The molecule has 0 aromatic carbocycles. The third-order valence-corrected chi connectivity index (χ3v) is 10.7. The summed E-state index contributed by atoms with van der Waals surface area (Å²) in [6.45, 7) is 17.0. The molecule has 0 spiro atoms. The summed E-state index contributed by atoms with van der Waals surface area (Å²) in [7, 11) is 0. The molecule has 1 rings (SSSR count). The largest absolute Gasteiger partial charge is 0.459 e. The van der Waals surface area contributed by atoms with E-state index in [1.807, 2.05) is 19.9 Å². The summed E-state index contributed by atoms with van der Waals surface area (Å²) in [4.78, 5) is 12.5. The lowest BCUT2D eigenvalue weighted by molar-refractivity contribution is -0.317. The van der Waals surface area contributed by atoms with Gasteiger partial charge in [-0.15, -0.1) is 0 Å². The van der Waals surface area contributed by atoms with Gasteiger partial charge in [-0.3, -0.25) is 0 Å². The Kier molecular flexibility index (Phi) is 22.4. The standard InChI is InChI=1S/C40H72O14/c1-11-20(2)12-21(3)13-26(8)38(54-40-37(50)36(49)35(48)31(18-42)53-40)27(9)15-24(6)32(45)22(4)14-23(5)33(46)25(7)16-28(10)39(51)52-19-30(44)34(47)29(43)17-41/h14-16,20-22,25-27,29-38,40-50H,11-13,17-19H2,1-10H3/b23-14+,24-15+,28-16+/t20-,21-,22-,25-,26-,27-,29-,30-,31+,32+,33-,34+,35+,36-,37-,38-,40-/m0/s1. The number of carbonyl (C=O) groups excluding carboxylic acids is 1. The highest BCUT2D eigenvalue weighted by Gasteiger charge is 2.45. The second kappa shape index (κ2) is 24.1. The molecule has 0 aromatic heterocycles. The molecule has 0 aliphatic carbocycles. The Balaban J connectivity index is 3.13. The third-order valence-electron chi connectivity index (χ3n) is 10.7. The molecule has 14 nitrogen and oxygen atoms in total. The van der Waals surface area contributed by atoms with Crippen molar-refractivity contribution in [2.45, 2.75) is 156 Å². The van der Waals surface area contributed by atoms with Crippen molar-refractivity contribution in [2.75, 3.05) is 19.8 Å². The average molecular weight is 777 g/mol. The van der Waals surface area contributed by atoms with Crippen LogP contribution in [0.1, 0.15) is 88.5 Å². The minimum absolute atomic E-state index is 0.0477. The molecule has 0 amide bonds. The van der Waals surface area contributed by atoms with Crippen molar-refractivity contribution < 1.29 is 70.1 Å². The smallest absolute Gasteiger partial charge is 0.333 e. The highest BCUT2D eigenvalue weighted by atomic mass is 16.7. The van der Waals surface area contributed by atoms with Crippen LogP contribution in [0.2, 0.25) is 0 Å². The number of esters is 1. The van der Waals surface area contributed by atoms with Gasteiger partial charge < -0.3 is 65.3 Å². The van der Waals surface area contributed by atoms with Gasteiger partial charge in [-0.25, -0.2) is 4.79 Å². The van der Waals surface area contributed by atoms with E-state index in [4.69, 9.17) is 19.3 Å². The average Bonchev–Trinajstić information content (AvgIpc) is 3.13. The first-order valence-corrected chi connectivity index (χ1v) is 19.3. The Labute approximate surface area is 321 Å². The van der Waals surface area contributed by atoms with Crippen LogP contribution in [-0.4, -0.2) is 144 Å². The summed E-state index contributed by atoms with van der Waals surface area (Å²) < 4.78 is 17.1. The fraction of sp³-hybridized carbons (Fsp3) is 0.825. The summed E-state index contributed by atoms with van der Waals surface area (Å²) in [6.07, 6.45) is -6.45. The molecule has 1 aliphatic heterocycles. The maximum absolute atomic E-state index is 12.5. The summed E-state index contributed by atoms with van der Waals surface area (Å²) in [5.74, 6) is -1.23. The number of hydrogen-bond donors (Lipinski definition) is 10. The summed E-state index contributed by atoms with van der Waals surface area (Å²) in [5, 5.41) is 102. The van der Waals surface area contributed by atoms with Gasteiger partial charge in [-0.05, 0) is 62.5 Å². The van der Waals surface area contributed by atoms with Crippen molar-refractivity contribution in [1.82, 2.24) is 0 Å². The third kappa shape index (κ3) is 15.3. The van der Waals surface area contributed by atoms with Gasteiger partial charge in [0.15, 0.2) is 6.29 Å². The number of aliphatic hydroxyl groups excluding tert-OH is 10. The van der Waals surface area contributed by atoms with E-state index < -0.39 is 105 Å². The van der Waals surface area contributed by atoms with E-state index >= 15 is 0 Å². The number of carbonyl (C=O) groups is 1. The van der Waals surface area contributed by atoms with E-state index in [0.717, 1.165) is 19.3 Å². The number of rotatable bonds is 23. The predicted octanol–water partition coefficient (Wildman–Crippen LogP) is 1.36. The maximum Gasteiger partial charge on any atom is 0.333 e. The van der Waals surface area contributed by atoms with Crippen molar-refractivity contribution in [1.29, 1.82) is 0 Å². The Bertz CT molecular complexity index is 1190. The zero-order valence-electron chi connectivity index (χ0n) is 33.9. The van der Waals surface area contributed by atoms with Gasteiger partial charge in [-0.2, -0.15) is 0 Å². The molecule has 1 fully saturated rings. The van der Waals surface area contributed by atoms with Gasteiger partial charge in [-0.1, -0.05) is 73.1 Å². The molecular formula is C40H72O14. The van der Waals surface area contributed by atoms with Crippen molar-refractivity contribution in [3.63, 3.8) is 0 Å².